The van der Waals surface area contributed by atoms with Crippen LogP contribution in [0.15, 0.2) is 59.8 Å². The van der Waals surface area contributed by atoms with E-state index < -0.39 is 48.9 Å². The number of likely N-dealkylation sites (tertiary alicyclic amines) is 1. The molecule has 2 aliphatic heterocycles. The molecule has 0 saturated carbocycles. The molecule has 3 N–H and O–H groups in total. The fourth-order valence-electron chi connectivity index (χ4n) is 6.07. The Balaban J connectivity index is 1.46. The van der Waals surface area contributed by atoms with E-state index in [1.54, 1.807) is 30.5 Å². The van der Waals surface area contributed by atoms with E-state index in [1.807, 2.05) is 24.3 Å². The lowest BCUT2D eigenvalue weighted by Gasteiger charge is -2.42. The maximum Gasteiger partial charge on any atom is 0.455 e. The minimum Gasteiger partial charge on any atom is -0.508 e. The number of aliphatic hydroxyl groups is 1. The van der Waals surface area contributed by atoms with Crippen molar-refractivity contribution in [3.8, 4) is 5.75 Å². The molecule has 2 fully saturated rings. The zero-order valence-electron chi connectivity index (χ0n) is 21.4. The van der Waals surface area contributed by atoms with Gasteiger partial charge in [0.05, 0.1) is 37.4 Å². The van der Waals surface area contributed by atoms with Gasteiger partial charge in [-0.1, -0.05) is 18.2 Å². The maximum atomic E-state index is 13.3. The lowest BCUT2D eigenvalue weighted by molar-refractivity contribution is -0.137. The molecule has 2 aromatic rings. The number of amides is 3. The Morgan fingerprint density at radius 3 is 2.62 bits per heavy atom. The van der Waals surface area contributed by atoms with Gasteiger partial charge in [0, 0.05) is 6.20 Å². The Labute approximate surface area is 225 Å². The molecule has 11 heteroatoms. The monoisotopic (exact) mass is 532 g/mol. The van der Waals surface area contributed by atoms with E-state index in [9.17, 15) is 29.6 Å². The summed E-state index contributed by atoms with van der Waals surface area (Å²) in [7, 11) is -0.0795. The van der Waals surface area contributed by atoms with Crippen molar-refractivity contribution in [3.05, 3.63) is 71.1 Å². The van der Waals surface area contributed by atoms with E-state index in [0.29, 0.717) is 28.9 Å². The summed E-state index contributed by atoms with van der Waals surface area (Å²) < 4.78 is 10.6. The number of hydrogen-bond acceptors (Lipinski definition) is 9. The smallest absolute Gasteiger partial charge is 0.455 e. The summed E-state index contributed by atoms with van der Waals surface area (Å²) in [6.07, 6.45) is 3.09. The summed E-state index contributed by atoms with van der Waals surface area (Å²) in [4.78, 5) is 43.5. The van der Waals surface area contributed by atoms with Gasteiger partial charge in [-0.05, 0) is 84.1 Å². The first-order valence-electron chi connectivity index (χ1n) is 12.8. The van der Waals surface area contributed by atoms with Crippen molar-refractivity contribution in [2.24, 2.45) is 17.8 Å². The number of nitrogens with zero attached hydrogens (tertiary/aromatic N) is 2. The number of hydrogen-bond donors (Lipinski definition) is 3. The number of methoxy groups -OCH3 is 1. The Morgan fingerprint density at radius 2 is 1.95 bits per heavy atom. The number of aliphatic hydroxyl groups excluding tert-OH is 1. The fraction of sp³-hybridized carbons (Fsp3) is 0.357. The second-order valence-electron chi connectivity index (χ2n) is 9.97. The highest BCUT2D eigenvalue weighted by molar-refractivity contribution is 6.43. The third kappa shape index (κ3) is 5.12. The van der Waals surface area contributed by atoms with Crippen LogP contribution in [-0.2, 0) is 19.0 Å². The molecule has 5 rings (SSSR count). The molecule has 1 aromatic heterocycles. The summed E-state index contributed by atoms with van der Waals surface area (Å²) in [6.45, 7) is -0.332. The molecular formula is C28H29BN2O8. The highest BCUT2D eigenvalue weighted by Gasteiger charge is 2.59. The van der Waals surface area contributed by atoms with E-state index in [1.165, 1.54) is 0 Å². The molecule has 10 nitrogen and oxygen atoms in total. The molecule has 0 spiro atoms. The molecule has 202 valence electrons. The van der Waals surface area contributed by atoms with Gasteiger partial charge in [-0.3, -0.25) is 14.6 Å². The van der Waals surface area contributed by atoms with Crippen LogP contribution in [0.3, 0.4) is 0 Å². The van der Waals surface area contributed by atoms with Gasteiger partial charge in [-0.25, -0.2) is 4.79 Å². The number of aromatic hydroxyl groups is 1. The topological polar surface area (TPSA) is 146 Å². The van der Waals surface area contributed by atoms with Crippen LogP contribution in [0.25, 0.3) is 11.6 Å². The van der Waals surface area contributed by atoms with Crippen LogP contribution in [0.2, 0.25) is 6.32 Å². The zero-order chi connectivity index (χ0) is 27.7. The van der Waals surface area contributed by atoms with Gasteiger partial charge in [0.1, 0.15) is 5.75 Å². The largest absolute Gasteiger partial charge is 0.508 e. The SMILES string of the molecule is COC(=O)N1C(=O)[C@@H]2[C@@H](CC(CO)=C3[C@@H](CC/C(=C/c4ccc(O)cc4)c4ccccn4)OB(O)C[C@@H]32)C1=O. The van der Waals surface area contributed by atoms with Crippen LogP contribution in [0.5, 0.6) is 5.75 Å². The normalized spacial score (nSPS) is 25.1. The van der Waals surface area contributed by atoms with E-state index >= 15 is 0 Å². The van der Waals surface area contributed by atoms with Crippen LogP contribution in [0.4, 0.5) is 4.79 Å². The molecule has 0 bridgehead atoms. The molecular weight excluding hydrogens is 503 g/mol. The van der Waals surface area contributed by atoms with Crippen LogP contribution in [0, 0.1) is 17.8 Å². The number of carbonyl (C=O) groups excluding carboxylic acids is 3. The summed E-state index contributed by atoms with van der Waals surface area (Å²) in [6, 6.07) is 12.4. The van der Waals surface area contributed by atoms with Gasteiger partial charge in [0.2, 0.25) is 11.8 Å². The summed E-state index contributed by atoms with van der Waals surface area (Å²) >= 11 is 0. The van der Waals surface area contributed by atoms with E-state index in [0.717, 1.165) is 23.9 Å². The molecule has 0 radical (unpaired) electrons. The number of fused-ring (bicyclic) bond motifs is 3. The van der Waals surface area contributed by atoms with Gasteiger partial charge < -0.3 is 24.6 Å². The first-order valence-corrected chi connectivity index (χ1v) is 12.8. The number of carbonyl (C=O) groups is 3. The molecule has 1 aliphatic carbocycles. The highest BCUT2D eigenvalue weighted by Crippen LogP contribution is 2.50. The Hall–Kier alpha value is -3.80. The standard InChI is InChI=1S/C28H29BN2O8/c1-38-28(36)31-26(34)20-13-18(15-32)24-21(25(20)27(31)35)14-29(37)39-23(24)10-7-17(22-4-2-3-11-30-22)12-16-5-8-19(33)9-6-16/h2-6,8-9,11-12,20-21,23,25,32-33,37H,7,10,13-15H2,1H3/b17-12-/t20-,21+,23-,25-/m1/s1. The third-order valence-electron chi connectivity index (χ3n) is 7.76. The quantitative estimate of drug-likeness (QED) is 0.290. The van der Waals surface area contributed by atoms with Crippen molar-refractivity contribution in [3.63, 3.8) is 0 Å². The number of ether oxygens (including phenoxy) is 1. The van der Waals surface area contributed by atoms with Crippen molar-refractivity contribution in [1.29, 1.82) is 0 Å². The number of benzene rings is 1. The number of imide groups is 3. The predicted molar refractivity (Wildman–Crippen MR) is 141 cm³/mol. The Morgan fingerprint density at radius 1 is 1.18 bits per heavy atom. The van der Waals surface area contributed by atoms with Crippen LogP contribution in [-0.4, -0.2) is 70.0 Å². The first-order chi connectivity index (χ1) is 18.8. The molecule has 1 aromatic carbocycles. The summed E-state index contributed by atoms with van der Waals surface area (Å²) in [5, 5.41) is 30.6. The van der Waals surface area contributed by atoms with Crippen molar-refractivity contribution < 1.29 is 39.0 Å². The molecule has 39 heavy (non-hydrogen) atoms. The van der Waals surface area contributed by atoms with Gasteiger partial charge in [-0.2, -0.15) is 4.90 Å². The lowest BCUT2D eigenvalue weighted by Crippen LogP contribution is -2.46. The average Bonchev–Trinajstić information content (AvgIpc) is 3.20. The summed E-state index contributed by atoms with van der Waals surface area (Å²) in [5.74, 6) is -3.35. The number of phenols is 1. The average molecular weight is 532 g/mol. The summed E-state index contributed by atoms with van der Waals surface area (Å²) in [5.41, 5.74) is 3.81. The lowest BCUT2D eigenvalue weighted by atomic mass is 9.58. The van der Waals surface area contributed by atoms with Gasteiger partial charge in [-0.15, -0.1) is 0 Å². The highest BCUT2D eigenvalue weighted by atomic mass is 16.5. The van der Waals surface area contributed by atoms with Crippen molar-refractivity contribution >= 4 is 36.7 Å². The first kappa shape index (κ1) is 26.8. The number of pyridine rings is 1. The van der Waals surface area contributed by atoms with Crippen molar-refractivity contribution in [2.75, 3.05) is 13.7 Å². The van der Waals surface area contributed by atoms with Crippen molar-refractivity contribution in [1.82, 2.24) is 9.88 Å². The van der Waals surface area contributed by atoms with Gasteiger partial charge in [0.15, 0.2) is 0 Å². The number of aromatic nitrogens is 1. The molecule has 0 unspecified atom stereocenters. The molecule has 3 amide bonds. The Bertz CT molecular complexity index is 1330. The second-order valence-corrected chi connectivity index (χ2v) is 9.97. The van der Waals surface area contributed by atoms with Gasteiger partial charge in [0.25, 0.3) is 0 Å². The molecule has 4 atom stereocenters. The molecule has 3 aliphatic rings. The maximum absolute atomic E-state index is 13.3. The number of allylic oxidation sites excluding steroid dienone is 1. The van der Waals surface area contributed by atoms with Gasteiger partial charge >= 0.3 is 13.2 Å². The number of rotatable bonds is 6. The molecule has 2 saturated heterocycles. The number of phenolic OH excluding ortho intramolecular Hbond substituents is 1. The van der Waals surface area contributed by atoms with E-state index in [2.05, 4.69) is 9.72 Å². The third-order valence-corrected chi connectivity index (χ3v) is 7.76. The minimum atomic E-state index is -1.18. The van der Waals surface area contributed by atoms with E-state index in [4.69, 9.17) is 4.65 Å². The fourth-order valence-corrected chi connectivity index (χ4v) is 6.07. The molecule has 3 heterocycles. The minimum absolute atomic E-state index is 0.0704. The van der Waals surface area contributed by atoms with E-state index in [-0.39, 0.29) is 25.1 Å². The van der Waals surface area contributed by atoms with Crippen molar-refractivity contribution in [2.45, 2.75) is 31.7 Å². The predicted octanol–water partition coefficient (Wildman–Crippen LogP) is 2.66. The zero-order valence-corrected chi connectivity index (χ0v) is 21.4. The van der Waals surface area contributed by atoms with Crippen LogP contribution >= 0.6 is 0 Å². The second kappa shape index (κ2) is 11.1. The Kier molecular flexibility index (Phi) is 7.65. The van der Waals surface area contributed by atoms with Crippen LogP contribution < -0.4 is 0 Å². The van der Waals surface area contributed by atoms with Crippen LogP contribution in [0.1, 0.15) is 30.5 Å².